The molecule has 17 nitrogen and oxygen atoms in total. The van der Waals surface area contributed by atoms with E-state index in [0.29, 0.717) is 25.7 Å². The van der Waals surface area contributed by atoms with E-state index in [4.69, 9.17) is 37.0 Å². The molecule has 0 fully saturated rings. The van der Waals surface area contributed by atoms with Gasteiger partial charge in [0.25, 0.3) is 0 Å². The van der Waals surface area contributed by atoms with Crippen molar-refractivity contribution in [1.29, 1.82) is 0 Å². The Hall–Kier alpha value is -1.94. The molecule has 0 saturated carbocycles. The molecule has 0 aliphatic carbocycles. The minimum Gasteiger partial charge on any atom is -0.462 e. The first-order valence-electron chi connectivity index (χ1n) is 40.3. The molecule has 0 radical (unpaired) electrons. The van der Waals surface area contributed by atoms with Crippen LogP contribution in [0.15, 0.2) is 0 Å². The van der Waals surface area contributed by atoms with Gasteiger partial charge in [-0.15, -0.1) is 0 Å². The van der Waals surface area contributed by atoms with Gasteiger partial charge in [-0.05, 0) is 43.4 Å². The van der Waals surface area contributed by atoms with Gasteiger partial charge in [-0.25, -0.2) is 9.13 Å². The summed E-state index contributed by atoms with van der Waals surface area (Å²) in [6.45, 7) is 11.9. The van der Waals surface area contributed by atoms with E-state index in [0.717, 1.165) is 120 Å². The smallest absolute Gasteiger partial charge is 0.462 e. The Morgan fingerprint density at radius 2 is 0.474 bits per heavy atom. The van der Waals surface area contributed by atoms with Crippen molar-refractivity contribution >= 4 is 39.5 Å². The molecule has 5 atom stereocenters. The Balaban J connectivity index is 5.17. The molecule has 0 rings (SSSR count). The van der Waals surface area contributed by atoms with Gasteiger partial charge >= 0.3 is 39.5 Å². The summed E-state index contributed by atoms with van der Waals surface area (Å²) >= 11 is 0. The molecule has 0 aromatic heterocycles. The van der Waals surface area contributed by atoms with E-state index in [-0.39, 0.29) is 25.7 Å². The van der Waals surface area contributed by atoms with Crippen LogP contribution in [0.25, 0.3) is 0 Å². The van der Waals surface area contributed by atoms with E-state index in [2.05, 4.69) is 48.5 Å². The SMILES string of the molecule is CCCCCCCCCC(=O)OC[C@H](COP(=O)(O)OC[C@H](O)COP(=O)(O)OC[C@@H](COC(=O)CCCCCCCCCCCCCCC(C)C)OC(=O)CCCCCCCCCCCCCCCCCCCCC(C)C)OC(=O)CCCCCCCCCCCCCC(C)C. The highest BCUT2D eigenvalue weighted by Crippen LogP contribution is 2.45. The van der Waals surface area contributed by atoms with Crippen LogP contribution in [0.1, 0.15) is 402 Å². The van der Waals surface area contributed by atoms with Gasteiger partial charge in [0.15, 0.2) is 12.2 Å². The van der Waals surface area contributed by atoms with Gasteiger partial charge in [-0.1, -0.05) is 350 Å². The quantitative estimate of drug-likeness (QED) is 0.0222. The van der Waals surface area contributed by atoms with Crippen molar-refractivity contribution in [2.45, 2.75) is 420 Å². The zero-order valence-electron chi connectivity index (χ0n) is 63.5. The molecule has 0 aromatic rings. The lowest BCUT2D eigenvalue weighted by molar-refractivity contribution is -0.161. The number of phosphoric ester groups is 2. The Kier molecular flexibility index (Phi) is 67.1. The summed E-state index contributed by atoms with van der Waals surface area (Å²) in [4.78, 5) is 72.7. The Bertz CT molecular complexity index is 1890. The van der Waals surface area contributed by atoms with Gasteiger partial charge in [0.2, 0.25) is 0 Å². The molecule has 576 valence electrons. The number of phosphoric acid groups is 2. The zero-order valence-corrected chi connectivity index (χ0v) is 65.3. The normalized spacial score (nSPS) is 14.0. The van der Waals surface area contributed by atoms with Crippen molar-refractivity contribution in [2.24, 2.45) is 17.8 Å². The molecular formula is C78H152O17P2. The van der Waals surface area contributed by atoms with E-state index in [1.165, 1.54) is 199 Å². The van der Waals surface area contributed by atoms with Gasteiger partial charge in [0.1, 0.15) is 19.3 Å². The Morgan fingerprint density at radius 3 is 0.701 bits per heavy atom. The van der Waals surface area contributed by atoms with E-state index in [9.17, 15) is 43.2 Å². The lowest BCUT2D eigenvalue weighted by atomic mass is 10.0. The number of carbonyl (C=O) groups is 4. The van der Waals surface area contributed by atoms with Crippen LogP contribution in [0, 0.1) is 17.8 Å². The maximum Gasteiger partial charge on any atom is 0.472 e. The van der Waals surface area contributed by atoms with E-state index in [1.54, 1.807) is 0 Å². The Morgan fingerprint density at radius 1 is 0.278 bits per heavy atom. The molecule has 2 unspecified atom stereocenters. The molecule has 0 saturated heterocycles. The summed E-state index contributed by atoms with van der Waals surface area (Å²) in [5.41, 5.74) is 0. The fraction of sp³-hybridized carbons (Fsp3) is 0.949. The van der Waals surface area contributed by atoms with Crippen LogP contribution in [0.2, 0.25) is 0 Å². The highest BCUT2D eigenvalue weighted by Gasteiger charge is 2.30. The monoisotopic (exact) mass is 1420 g/mol. The van der Waals surface area contributed by atoms with Crippen molar-refractivity contribution < 1.29 is 80.2 Å². The van der Waals surface area contributed by atoms with Crippen molar-refractivity contribution in [2.75, 3.05) is 39.6 Å². The second-order valence-corrected chi connectivity index (χ2v) is 32.4. The van der Waals surface area contributed by atoms with Gasteiger partial charge in [0.05, 0.1) is 26.4 Å². The predicted molar refractivity (Wildman–Crippen MR) is 395 cm³/mol. The number of unbranched alkanes of at least 4 members (excludes halogenated alkanes) is 44. The fourth-order valence-electron chi connectivity index (χ4n) is 12.0. The third-order valence-corrected chi connectivity index (χ3v) is 20.0. The summed E-state index contributed by atoms with van der Waals surface area (Å²) < 4.78 is 68.5. The highest BCUT2D eigenvalue weighted by molar-refractivity contribution is 7.47. The third-order valence-electron chi connectivity index (χ3n) is 18.1. The lowest BCUT2D eigenvalue weighted by Crippen LogP contribution is -2.30. The molecule has 0 spiro atoms. The first kappa shape index (κ1) is 95.1. The molecule has 0 amide bonds. The summed E-state index contributed by atoms with van der Waals surface area (Å²) in [5, 5.41) is 10.6. The number of ether oxygens (including phenoxy) is 4. The van der Waals surface area contributed by atoms with Crippen LogP contribution in [0.5, 0.6) is 0 Å². The maximum atomic E-state index is 13.1. The molecule has 0 aliphatic heterocycles. The predicted octanol–water partition coefficient (Wildman–Crippen LogP) is 23.0. The summed E-state index contributed by atoms with van der Waals surface area (Å²) in [6.07, 6.45) is 55.7. The average molecular weight is 1420 g/mol. The number of esters is 4. The zero-order chi connectivity index (χ0) is 71.6. The van der Waals surface area contributed by atoms with Crippen LogP contribution < -0.4 is 0 Å². The standard InChI is InChI=1S/C78H152O17P2/c1-8-9-10-11-35-45-52-59-75(80)88-65-73(94-78(83)62-55-48-41-34-28-22-25-31-38-44-51-58-71(6)7)67-92-96(84,85)90-63-72(79)64-91-97(86,87)93-68-74(66-89-76(81)60-53-46-39-32-26-21-20-24-30-37-43-50-57-70(4)5)95-77(82)61-54-47-40-33-27-19-17-15-13-12-14-16-18-23-29-36-42-49-56-69(2)3/h69-74,79H,8-68H2,1-7H3,(H,84,85)(H,86,87)/t72-,73+,74+/m0/s1. The second kappa shape index (κ2) is 68.5. The van der Waals surface area contributed by atoms with Crippen molar-refractivity contribution in [3.63, 3.8) is 0 Å². The van der Waals surface area contributed by atoms with Crippen LogP contribution in [-0.2, 0) is 65.4 Å². The Labute approximate surface area is 594 Å². The maximum absolute atomic E-state index is 13.1. The average Bonchev–Trinajstić information content (AvgIpc) is 1.19. The first-order chi connectivity index (χ1) is 46.7. The third kappa shape index (κ3) is 72.2. The number of hydrogen-bond acceptors (Lipinski definition) is 15. The van der Waals surface area contributed by atoms with Crippen molar-refractivity contribution in [1.82, 2.24) is 0 Å². The van der Waals surface area contributed by atoms with Gasteiger partial charge in [0, 0.05) is 25.7 Å². The summed E-state index contributed by atoms with van der Waals surface area (Å²) in [7, 11) is -9.91. The first-order valence-corrected chi connectivity index (χ1v) is 43.3. The summed E-state index contributed by atoms with van der Waals surface area (Å²) in [6, 6.07) is 0. The van der Waals surface area contributed by atoms with Crippen LogP contribution in [0.4, 0.5) is 0 Å². The van der Waals surface area contributed by atoms with E-state index in [1.807, 2.05) is 0 Å². The topological polar surface area (TPSA) is 237 Å². The minimum atomic E-state index is -4.96. The number of aliphatic hydroxyl groups is 1. The van der Waals surface area contributed by atoms with Crippen LogP contribution in [0.3, 0.4) is 0 Å². The molecule has 19 heteroatoms. The number of rotatable bonds is 76. The number of aliphatic hydroxyl groups excluding tert-OH is 1. The molecule has 0 aliphatic rings. The van der Waals surface area contributed by atoms with Crippen molar-refractivity contribution in [3.8, 4) is 0 Å². The van der Waals surface area contributed by atoms with Gasteiger partial charge < -0.3 is 33.8 Å². The minimum absolute atomic E-state index is 0.106. The summed E-state index contributed by atoms with van der Waals surface area (Å²) in [5.74, 6) is 0.248. The highest BCUT2D eigenvalue weighted by atomic mass is 31.2. The molecule has 3 N–H and O–H groups in total. The van der Waals surface area contributed by atoms with Crippen LogP contribution in [-0.4, -0.2) is 96.7 Å². The van der Waals surface area contributed by atoms with Crippen LogP contribution >= 0.6 is 15.6 Å². The van der Waals surface area contributed by atoms with Gasteiger partial charge in [-0.3, -0.25) is 37.3 Å². The molecular weight excluding hydrogens is 1270 g/mol. The number of hydrogen-bond donors (Lipinski definition) is 3. The second-order valence-electron chi connectivity index (χ2n) is 29.5. The fourth-order valence-corrected chi connectivity index (χ4v) is 13.5. The van der Waals surface area contributed by atoms with E-state index < -0.39 is 97.5 Å². The van der Waals surface area contributed by atoms with E-state index >= 15 is 0 Å². The number of carbonyl (C=O) groups excluding carboxylic acids is 4. The molecule has 0 aromatic carbocycles. The van der Waals surface area contributed by atoms with Gasteiger partial charge in [-0.2, -0.15) is 0 Å². The molecule has 97 heavy (non-hydrogen) atoms. The van der Waals surface area contributed by atoms with Crippen molar-refractivity contribution in [3.05, 3.63) is 0 Å². The molecule has 0 heterocycles. The molecule has 0 bridgehead atoms. The largest absolute Gasteiger partial charge is 0.472 e. The lowest BCUT2D eigenvalue weighted by Gasteiger charge is -2.21.